The van der Waals surface area contributed by atoms with E-state index < -0.39 is 0 Å². The van der Waals surface area contributed by atoms with Crippen LogP contribution in [-0.4, -0.2) is 24.2 Å². The van der Waals surface area contributed by atoms with Gasteiger partial charge in [0.25, 0.3) is 5.56 Å². The molecule has 0 unspecified atom stereocenters. The summed E-state index contributed by atoms with van der Waals surface area (Å²) in [6, 6.07) is 5.08. The van der Waals surface area contributed by atoms with E-state index in [2.05, 4.69) is 9.97 Å². The fraction of sp³-hybridized carbons (Fsp3) is 0.167. The Morgan fingerprint density at radius 2 is 2.06 bits per heavy atom. The average molecular weight is 267 g/mol. The van der Waals surface area contributed by atoms with Crippen molar-refractivity contribution >= 4 is 11.6 Å². The van der Waals surface area contributed by atoms with Gasteiger partial charge >= 0.3 is 0 Å². The van der Waals surface area contributed by atoms with Crippen molar-refractivity contribution in [3.8, 4) is 22.8 Å². The Balaban J connectivity index is 2.72. The summed E-state index contributed by atoms with van der Waals surface area (Å²) in [6.07, 6.45) is 1.31. The van der Waals surface area contributed by atoms with Gasteiger partial charge in [0.15, 0.2) is 0 Å². The topological polar surface area (TPSA) is 64.2 Å². The van der Waals surface area contributed by atoms with Crippen LogP contribution in [0.3, 0.4) is 0 Å². The quantitative estimate of drug-likeness (QED) is 0.924. The van der Waals surface area contributed by atoms with Crippen LogP contribution in [0.1, 0.15) is 0 Å². The zero-order valence-corrected chi connectivity index (χ0v) is 10.6. The molecule has 1 N–H and O–H groups in total. The number of hydrogen-bond donors (Lipinski definition) is 1. The predicted molar refractivity (Wildman–Crippen MR) is 68.4 cm³/mol. The minimum Gasteiger partial charge on any atom is -0.496 e. The zero-order valence-electron chi connectivity index (χ0n) is 9.86. The third-order valence-corrected chi connectivity index (χ3v) is 2.67. The largest absolute Gasteiger partial charge is 0.496 e. The van der Waals surface area contributed by atoms with Crippen LogP contribution in [0.5, 0.6) is 11.5 Å². The molecule has 1 heterocycles. The molecule has 1 aromatic carbocycles. The molecule has 5 nitrogen and oxygen atoms in total. The Morgan fingerprint density at radius 3 is 2.72 bits per heavy atom. The molecule has 0 bridgehead atoms. The monoisotopic (exact) mass is 266 g/mol. The molecular formula is C12H11ClN2O3. The van der Waals surface area contributed by atoms with Gasteiger partial charge in [-0.3, -0.25) is 4.79 Å². The molecule has 0 aliphatic rings. The highest BCUT2D eigenvalue weighted by atomic mass is 35.5. The lowest BCUT2D eigenvalue weighted by Crippen LogP contribution is -2.11. The van der Waals surface area contributed by atoms with E-state index in [-0.39, 0.29) is 11.3 Å². The van der Waals surface area contributed by atoms with Crippen molar-refractivity contribution in [2.24, 2.45) is 0 Å². The van der Waals surface area contributed by atoms with E-state index in [0.717, 1.165) is 0 Å². The molecule has 0 atom stereocenters. The first-order valence-corrected chi connectivity index (χ1v) is 5.50. The molecular weight excluding hydrogens is 256 g/mol. The number of benzene rings is 1. The predicted octanol–water partition coefficient (Wildman–Crippen LogP) is 2.11. The molecule has 94 valence electrons. The van der Waals surface area contributed by atoms with Crippen molar-refractivity contribution in [1.29, 1.82) is 0 Å². The van der Waals surface area contributed by atoms with Crippen LogP contribution in [0.2, 0.25) is 5.02 Å². The highest BCUT2D eigenvalue weighted by Gasteiger charge is 2.15. The van der Waals surface area contributed by atoms with Crippen LogP contribution in [0.4, 0.5) is 0 Å². The van der Waals surface area contributed by atoms with E-state index in [1.807, 2.05) is 0 Å². The molecule has 0 fully saturated rings. The molecule has 0 amide bonds. The summed E-state index contributed by atoms with van der Waals surface area (Å²) < 4.78 is 10.3. The molecule has 0 saturated carbocycles. The molecule has 0 aliphatic carbocycles. The van der Waals surface area contributed by atoms with Gasteiger partial charge in [0.05, 0.1) is 20.5 Å². The Hall–Kier alpha value is -2.01. The van der Waals surface area contributed by atoms with Crippen molar-refractivity contribution in [2.45, 2.75) is 0 Å². The van der Waals surface area contributed by atoms with Crippen LogP contribution in [0.15, 0.2) is 29.3 Å². The number of H-pyrrole nitrogens is 1. The first kappa shape index (κ1) is 12.4. The van der Waals surface area contributed by atoms with Crippen molar-refractivity contribution in [3.63, 3.8) is 0 Å². The SMILES string of the molecule is COc1ccc(Cl)cc1-c1nc[nH]c(=O)c1OC. The van der Waals surface area contributed by atoms with Crippen LogP contribution >= 0.6 is 11.6 Å². The standard InChI is InChI=1S/C12H11ClN2O3/c1-17-9-4-3-7(13)5-8(9)10-11(18-2)12(16)15-6-14-10/h3-6H,1-2H3,(H,14,15,16). The highest BCUT2D eigenvalue weighted by Crippen LogP contribution is 2.34. The zero-order chi connectivity index (χ0) is 13.1. The van der Waals surface area contributed by atoms with Gasteiger partial charge in [0.2, 0.25) is 5.75 Å². The van der Waals surface area contributed by atoms with Crippen molar-refractivity contribution in [2.75, 3.05) is 14.2 Å². The van der Waals surface area contributed by atoms with Gasteiger partial charge in [-0.05, 0) is 18.2 Å². The van der Waals surface area contributed by atoms with E-state index in [0.29, 0.717) is 22.0 Å². The summed E-state index contributed by atoms with van der Waals surface area (Å²) in [4.78, 5) is 18.2. The van der Waals surface area contributed by atoms with Gasteiger partial charge in [-0.2, -0.15) is 0 Å². The van der Waals surface area contributed by atoms with E-state index in [4.69, 9.17) is 21.1 Å². The van der Waals surface area contributed by atoms with E-state index in [1.165, 1.54) is 20.5 Å². The Labute approximate surface area is 108 Å². The number of nitrogens with zero attached hydrogens (tertiary/aromatic N) is 1. The van der Waals surface area contributed by atoms with E-state index in [1.54, 1.807) is 18.2 Å². The second-order valence-corrected chi connectivity index (χ2v) is 3.89. The van der Waals surface area contributed by atoms with Gasteiger partial charge in [-0.25, -0.2) is 4.98 Å². The number of aromatic nitrogens is 2. The third-order valence-electron chi connectivity index (χ3n) is 2.43. The normalized spacial score (nSPS) is 10.2. The summed E-state index contributed by atoms with van der Waals surface area (Å²) in [5.74, 6) is 0.689. The van der Waals surface area contributed by atoms with Crippen molar-refractivity contribution < 1.29 is 9.47 Å². The lowest BCUT2D eigenvalue weighted by atomic mass is 10.1. The van der Waals surface area contributed by atoms with E-state index in [9.17, 15) is 4.79 Å². The van der Waals surface area contributed by atoms with Crippen LogP contribution in [0, 0.1) is 0 Å². The number of aromatic amines is 1. The summed E-state index contributed by atoms with van der Waals surface area (Å²) in [7, 11) is 2.94. The van der Waals surface area contributed by atoms with Crippen LogP contribution < -0.4 is 15.0 Å². The van der Waals surface area contributed by atoms with Gasteiger partial charge in [-0.15, -0.1) is 0 Å². The summed E-state index contributed by atoms with van der Waals surface area (Å²) >= 11 is 5.95. The highest BCUT2D eigenvalue weighted by molar-refractivity contribution is 6.31. The van der Waals surface area contributed by atoms with Crippen molar-refractivity contribution in [3.05, 3.63) is 39.9 Å². The number of hydrogen-bond acceptors (Lipinski definition) is 4. The number of rotatable bonds is 3. The molecule has 0 radical (unpaired) electrons. The van der Waals surface area contributed by atoms with Crippen molar-refractivity contribution in [1.82, 2.24) is 9.97 Å². The lowest BCUT2D eigenvalue weighted by molar-refractivity contribution is 0.404. The maximum atomic E-state index is 11.6. The molecule has 0 saturated heterocycles. The van der Waals surface area contributed by atoms with Crippen LogP contribution in [-0.2, 0) is 0 Å². The Kier molecular flexibility index (Phi) is 3.53. The minimum absolute atomic E-state index is 0.123. The summed E-state index contributed by atoms with van der Waals surface area (Å²) in [5.41, 5.74) is 0.637. The molecule has 2 rings (SSSR count). The first-order valence-electron chi connectivity index (χ1n) is 5.13. The summed E-state index contributed by atoms with van der Waals surface area (Å²) in [5, 5.41) is 0.523. The molecule has 6 heteroatoms. The maximum Gasteiger partial charge on any atom is 0.293 e. The average Bonchev–Trinajstić information content (AvgIpc) is 2.38. The fourth-order valence-electron chi connectivity index (χ4n) is 1.63. The molecule has 18 heavy (non-hydrogen) atoms. The van der Waals surface area contributed by atoms with Gasteiger partial charge in [0.1, 0.15) is 11.4 Å². The molecule has 0 aliphatic heterocycles. The number of methoxy groups -OCH3 is 2. The second-order valence-electron chi connectivity index (χ2n) is 3.46. The number of nitrogens with one attached hydrogen (secondary N) is 1. The first-order chi connectivity index (χ1) is 8.67. The Morgan fingerprint density at radius 1 is 1.28 bits per heavy atom. The smallest absolute Gasteiger partial charge is 0.293 e. The van der Waals surface area contributed by atoms with Gasteiger partial charge in [-0.1, -0.05) is 11.6 Å². The fourth-order valence-corrected chi connectivity index (χ4v) is 1.81. The Bertz CT molecular complexity index is 625. The third kappa shape index (κ3) is 2.17. The molecule has 0 spiro atoms. The molecule has 2 aromatic rings. The minimum atomic E-state index is -0.357. The maximum absolute atomic E-state index is 11.6. The molecule has 1 aromatic heterocycles. The van der Waals surface area contributed by atoms with Crippen LogP contribution in [0.25, 0.3) is 11.3 Å². The van der Waals surface area contributed by atoms with Gasteiger partial charge in [0, 0.05) is 10.6 Å². The lowest BCUT2D eigenvalue weighted by Gasteiger charge is -2.10. The number of ether oxygens (including phenoxy) is 2. The van der Waals surface area contributed by atoms with E-state index >= 15 is 0 Å². The number of halogens is 1. The van der Waals surface area contributed by atoms with Gasteiger partial charge < -0.3 is 14.5 Å². The summed E-state index contributed by atoms with van der Waals surface area (Å²) in [6.45, 7) is 0. The second kappa shape index (κ2) is 5.10.